The van der Waals surface area contributed by atoms with Crippen LogP contribution in [0.25, 0.3) is 10.8 Å². The first-order valence-electron chi connectivity index (χ1n) is 8.97. The number of fused-ring (bicyclic) bond motifs is 1. The second kappa shape index (κ2) is 9.25. The van der Waals surface area contributed by atoms with E-state index in [9.17, 15) is 21.6 Å². The second-order valence-electron chi connectivity index (χ2n) is 6.67. The summed E-state index contributed by atoms with van der Waals surface area (Å²) >= 11 is 6.07. The Morgan fingerprint density at radius 2 is 1.91 bits per heavy atom. The molecule has 1 aromatic carbocycles. The fourth-order valence-corrected chi connectivity index (χ4v) is 4.25. The molecule has 0 bridgehead atoms. The normalized spacial score (nSPS) is 11.6. The number of methoxy groups -OCH3 is 1. The minimum Gasteiger partial charge on any atom is -0.479 e. The average Bonchev–Trinajstić information content (AvgIpc) is 2.71. The van der Waals surface area contributed by atoms with Gasteiger partial charge in [-0.1, -0.05) is 17.7 Å². The van der Waals surface area contributed by atoms with Gasteiger partial charge in [0.1, 0.15) is 16.4 Å². The van der Waals surface area contributed by atoms with Crippen molar-refractivity contribution in [3.8, 4) is 11.8 Å². The molecule has 32 heavy (non-hydrogen) atoms. The fraction of sp³-hybridized carbons (Fsp3) is 0.263. The van der Waals surface area contributed by atoms with E-state index in [0.29, 0.717) is 21.6 Å². The molecular weight excluding hydrogens is 473 g/mol. The van der Waals surface area contributed by atoms with Crippen molar-refractivity contribution in [1.82, 2.24) is 9.97 Å². The first kappa shape index (κ1) is 23.7. The lowest BCUT2D eigenvalue weighted by atomic mass is 10.1. The number of halogens is 4. The number of nitrogens with one attached hydrogen (secondary N) is 1. The molecule has 0 aliphatic carbocycles. The van der Waals surface area contributed by atoms with E-state index in [4.69, 9.17) is 16.3 Å². The summed E-state index contributed by atoms with van der Waals surface area (Å²) in [5.41, 5.74) is -0.354. The van der Waals surface area contributed by atoms with Gasteiger partial charge in [-0.3, -0.25) is 4.72 Å². The van der Waals surface area contributed by atoms with Crippen molar-refractivity contribution in [1.29, 1.82) is 0 Å². The monoisotopic (exact) mass is 490 g/mol. The molecule has 0 aliphatic heterocycles. The van der Waals surface area contributed by atoms with Crippen LogP contribution in [0, 0.1) is 5.82 Å². The van der Waals surface area contributed by atoms with Gasteiger partial charge < -0.3 is 14.4 Å². The number of alkyl halides is 2. The molecule has 0 aliphatic rings. The van der Waals surface area contributed by atoms with Crippen LogP contribution in [0.2, 0.25) is 5.02 Å². The van der Waals surface area contributed by atoms with Gasteiger partial charge in [-0.25, -0.2) is 26.6 Å². The van der Waals surface area contributed by atoms with E-state index >= 15 is 0 Å². The third-order valence-corrected chi connectivity index (χ3v) is 5.83. The molecule has 0 saturated heterocycles. The van der Waals surface area contributed by atoms with E-state index in [0.717, 1.165) is 19.4 Å². The summed E-state index contributed by atoms with van der Waals surface area (Å²) in [7, 11) is 0.332. The first-order chi connectivity index (χ1) is 15.0. The molecule has 0 radical (unpaired) electrons. The lowest BCUT2D eigenvalue weighted by molar-refractivity contribution is 0.0770. The number of sulfonamides is 1. The molecule has 0 saturated carbocycles. The van der Waals surface area contributed by atoms with Crippen LogP contribution in [0.4, 0.5) is 24.7 Å². The molecule has 3 rings (SSSR count). The molecule has 172 valence electrons. The van der Waals surface area contributed by atoms with Gasteiger partial charge in [0.2, 0.25) is 5.88 Å². The van der Waals surface area contributed by atoms with E-state index in [1.807, 2.05) is 0 Å². The van der Waals surface area contributed by atoms with Gasteiger partial charge in [0.15, 0.2) is 12.4 Å². The van der Waals surface area contributed by atoms with E-state index in [1.54, 1.807) is 25.1 Å². The number of pyridine rings is 2. The molecule has 0 spiro atoms. The predicted molar refractivity (Wildman–Crippen MR) is 114 cm³/mol. The molecule has 13 heteroatoms. The molecule has 2 aromatic heterocycles. The summed E-state index contributed by atoms with van der Waals surface area (Å²) in [5, 5.41) is 1.19. The number of rotatable bonds is 8. The van der Waals surface area contributed by atoms with E-state index in [1.165, 1.54) is 12.1 Å². The Balaban J connectivity index is 2.06. The van der Waals surface area contributed by atoms with Gasteiger partial charge in [-0.15, -0.1) is 0 Å². The van der Waals surface area contributed by atoms with Gasteiger partial charge in [-0.05, 0) is 12.1 Å². The topological polar surface area (TPSA) is 93.7 Å². The number of nitrogens with zero attached hydrogens (tertiary/aromatic N) is 3. The third-order valence-electron chi connectivity index (χ3n) is 4.20. The molecule has 1 N–H and O–H groups in total. The Kier molecular flexibility index (Phi) is 6.84. The first-order valence-corrected chi connectivity index (χ1v) is 10.8. The molecule has 8 nitrogen and oxygen atoms in total. The van der Waals surface area contributed by atoms with Crippen LogP contribution in [0.1, 0.15) is 0 Å². The molecule has 0 amide bonds. The van der Waals surface area contributed by atoms with Crippen molar-refractivity contribution in [3.63, 3.8) is 0 Å². The van der Waals surface area contributed by atoms with Crippen LogP contribution in [-0.2, 0) is 10.0 Å². The van der Waals surface area contributed by atoms with Gasteiger partial charge in [-0.2, -0.15) is 4.98 Å². The number of benzene rings is 1. The van der Waals surface area contributed by atoms with E-state index in [2.05, 4.69) is 19.4 Å². The molecule has 0 atom stereocenters. The van der Waals surface area contributed by atoms with Crippen molar-refractivity contribution < 1.29 is 31.1 Å². The number of ether oxygens (including phenoxy) is 2. The minimum atomic E-state index is -4.30. The summed E-state index contributed by atoms with van der Waals surface area (Å²) < 4.78 is 77.0. The van der Waals surface area contributed by atoms with Gasteiger partial charge in [0, 0.05) is 36.0 Å². The summed E-state index contributed by atoms with van der Waals surface area (Å²) in [6.45, 7) is -1.09. The van der Waals surface area contributed by atoms with Crippen molar-refractivity contribution in [3.05, 3.63) is 41.3 Å². The van der Waals surface area contributed by atoms with Crippen LogP contribution in [0.5, 0.6) is 11.8 Å². The Hall–Kier alpha value is -2.99. The fourth-order valence-electron chi connectivity index (χ4n) is 2.87. The zero-order valence-electron chi connectivity index (χ0n) is 17.1. The highest BCUT2D eigenvalue weighted by molar-refractivity contribution is 7.93. The van der Waals surface area contributed by atoms with Crippen LogP contribution in [-0.4, -0.2) is 52.6 Å². The number of aromatic nitrogens is 2. The Morgan fingerprint density at radius 1 is 1.19 bits per heavy atom. The van der Waals surface area contributed by atoms with Crippen molar-refractivity contribution in [2.75, 3.05) is 37.4 Å². The van der Waals surface area contributed by atoms with E-state index in [-0.39, 0.29) is 16.5 Å². The summed E-state index contributed by atoms with van der Waals surface area (Å²) in [4.78, 5) is 9.34. The molecule has 0 fully saturated rings. The highest BCUT2D eigenvalue weighted by Crippen LogP contribution is 2.34. The highest BCUT2D eigenvalue weighted by atomic mass is 35.5. The maximum absolute atomic E-state index is 14.3. The Labute approximate surface area is 187 Å². The smallest absolute Gasteiger partial charge is 0.272 e. The van der Waals surface area contributed by atoms with Gasteiger partial charge in [0.25, 0.3) is 22.3 Å². The minimum absolute atomic E-state index is 0.199. The second-order valence-corrected chi connectivity index (χ2v) is 8.76. The number of hydrogen-bond donors (Lipinski definition) is 1. The summed E-state index contributed by atoms with van der Waals surface area (Å²) in [6.07, 6.45) is -1.69. The van der Waals surface area contributed by atoms with Crippen molar-refractivity contribution in [2.24, 2.45) is 0 Å². The van der Waals surface area contributed by atoms with Gasteiger partial charge in [0.05, 0.1) is 13.3 Å². The van der Waals surface area contributed by atoms with Gasteiger partial charge >= 0.3 is 0 Å². The van der Waals surface area contributed by atoms with Crippen LogP contribution < -0.4 is 19.1 Å². The standard InChI is InChI=1S/C19H18ClF3N4O4S/c1-27(2)17-12-6-10(20)4-5-11(12)15(8-24-17)32(28,29)26-14-7-13(21)18(25-19(14)30-3)31-9-16(22)23/h4-8,16,26H,9H2,1-3H3. The number of hydrogen-bond acceptors (Lipinski definition) is 7. The molecular formula is C19H18ClF3N4O4S. The van der Waals surface area contributed by atoms with Crippen molar-refractivity contribution >= 4 is 43.9 Å². The quantitative estimate of drug-likeness (QED) is 0.511. The lowest BCUT2D eigenvalue weighted by Crippen LogP contribution is -2.17. The third kappa shape index (κ3) is 4.91. The maximum atomic E-state index is 14.3. The maximum Gasteiger partial charge on any atom is 0.272 e. The number of anilines is 2. The Morgan fingerprint density at radius 3 is 2.53 bits per heavy atom. The Bertz CT molecular complexity index is 1260. The molecule has 3 aromatic rings. The van der Waals surface area contributed by atoms with Crippen LogP contribution in [0.15, 0.2) is 35.4 Å². The summed E-state index contributed by atoms with van der Waals surface area (Å²) in [6, 6.07) is 5.36. The zero-order valence-corrected chi connectivity index (χ0v) is 18.6. The van der Waals surface area contributed by atoms with E-state index < -0.39 is 34.8 Å². The molecule has 2 heterocycles. The van der Waals surface area contributed by atoms with Crippen molar-refractivity contribution in [2.45, 2.75) is 11.3 Å². The zero-order chi connectivity index (χ0) is 23.6. The highest BCUT2D eigenvalue weighted by Gasteiger charge is 2.24. The predicted octanol–water partition coefficient (Wildman–Crippen LogP) is 3.94. The summed E-state index contributed by atoms with van der Waals surface area (Å²) in [5.74, 6) is -1.78. The van der Waals surface area contributed by atoms with Crippen LogP contribution >= 0.6 is 11.6 Å². The lowest BCUT2D eigenvalue weighted by Gasteiger charge is -2.17. The van der Waals surface area contributed by atoms with Crippen LogP contribution in [0.3, 0.4) is 0 Å². The average molecular weight is 491 g/mol. The SMILES string of the molecule is COc1nc(OCC(F)F)c(F)cc1NS(=O)(=O)c1cnc(N(C)C)c2cc(Cl)ccc12. The largest absolute Gasteiger partial charge is 0.479 e. The molecule has 0 unspecified atom stereocenters.